The van der Waals surface area contributed by atoms with Crippen molar-refractivity contribution >= 4 is 21.7 Å². The van der Waals surface area contributed by atoms with Crippen LogP contribution >= 0.6 is 0 Å². The molecule has 0 amide bonds. The molecule has 2 aromatic rings. The van der Waals surface area contributed by atoms with Crippen molar-refractivity contribution in [3.63, 3.8) is 0 Å². The minimum Gasteiger partial charge on any atom is -0.0831 e. The van der Waals surface area contributed by atoms with Gasteiger partial charge in [0.05, 0.1) is 16.1 Å². The summed E-state index contributed by atoms with van der Waals surface area (Å²) in [6.45, 7) is 15.0. The van der Waals surface area contributed by atoms with Gasteiger partial charge in [0.15, 0.2) is 0 Å². The second kappa shape index (κ2) is 6.39. The van der Waals surface area contributed by atoms with E-state index in [-0.39, 0.29) is 0 Å². The normalized spacial score (nSPS) is 12.1. The number of rotatable bonds is 4. The van der Waals surface area contributed by atoms with Gasteiger partial charge in [-0.15, -0.1) is 0 Å². The lowest BCUT2D eigenvalue weighted by atomic mass is 10.00. The summed E-state index contributed by atoms with van der Waals surface area (Å²) in [6.07, 6.45) is 0. The molecule has 0 N–H and O–H groups in total. The van der Waals surface area contributed by atoms with Crippen LogP contribution < -0.4 is 0 Å². The minimum atomic E-state index is -1.41. The Labute approximate surface area is 137 Å². The molecule has 2 aromatic carbocycles. The monoisotopic (exact) mass is 324 g/mol. The summed E-state index contributed by atoms with van der Waals surface area (Å²) in [4.78, 5) is 1.78. The van der Waals surface area contributed by atoms with E-state index in [9.17, 15) is 0 Å². The van der Waals surface area contributed by atoms with Crippen molar-refractivity contribution in [1.29, 1.82) is 0 Å². The molecule has 0 radical (unpaired) electrons. The minimum absolute atomic E-state index is 1.37. The van der Waals surface area contributed by atoms with Gasteiger partial charge in [-0.3, -0.25) is 0 Å². The third-order valence-corrected chi connectivity index (χ3v) is 11.9. The quantitative estimate of drug-likeness (QED) is 0.584. The molecule has 2 heteroatoms. The largest absolute Gasteiger partial charge is 0.0831 e. The fourth-order valence-corrected chi connectivity index (χ4v) is 14.6. The highest BCUT2D eigenvalue weighted by atomic mass is 28.4. The predicted octanol–water partition coefficient (Wildman–Crippen LogP) is 6.24. The number of hydrogen-bond acceptors (Lipinski definition) is 0. The number of benzene rings is 2. The van der Waals surface area contributed by atoms with Crippen LogP contribution in [0.5, 0.6) is 0 Å². The zero-order chi connectivity index (χ0) is 16.4. The molecule has 0 unspecified atom stereocenters. The maximum atomic E-state index is 2.49. The van der Waals surface area contributed by atoms with Gasteiger partial charge in [0.25, 0.3) is 0 Å². The van der Waals surface area contributed by atoms with Gasteiger partial charge in [0.1, 0.15) is 0 Å². The Kier molecular flexibility index (Phi) is 4.93. The van der Waals surface area contributed by atoms with Crippen LogP contribution in [0.3, 0.4) is 0 Å². The first-order valence-electron chi connectivity index (χ1n) is 8.07. The standard InChI is InChI=1S/C20H28Si2/c1-21(2,3)20(22(4,5)6)19(17-13-9-7-10-14-17)18-15-11-8-12-16-18/h7-16H,1-6H3. The fourth-order valence-electron chi connectivity index (χ4n) is 3.54. The topological polar surface area (TPSA) is 0 Å². The molecule has 0 spiro atoms. The van der Waals surface area contributed by atoms with E-state index in [1.165, 1.54) is 16.7 Å². The Morgan fingerprint density at radius 3 is 1.14 bits per heavy atom. The summed E-state index contributed by atoms with van der Waals surface area (Å²) in [6, 6.07) is 21.9. The average Bonchev–Trinajstić information content (AvgIpc) is 2.44. The summed E-state index contributed by atoms with van der Waals surface area (Å²) in [5.41, 5.74) is 4.24. The Hall–Kier alpha value is -1.39. The SMILES string of the molecule is C[Si](C)(C)C(=C(c1ccccc1)c1ccccc1)[Si](C)(C)C. The lowest BCUT2D eigenvalue weighted by Gasteiger charge is -2.35. The molecule has 0 nitrogen and oxygen atoms in total. The second-order valence-electron chi connectivity index (χ2n) is 7.98. The van der Waals surface area contributed by atoms with E-state index in [0.717, 1.165) is 0 Å². The van der Waals surface area contributed by atoms with Crippen molar-refractivity contribution in [2.45, 2.75) is 39.3 Å². The molecule has 0 aromatic heterocycles. The first-order chi connectivity index (χ1) is 10.2. The van der Waals surface area contributed by atoms with Crippen LogP contribution in [0.1, 0.15) is 11.1 Å². The van der Waals surface area contributed by atoms with Gasteiger partial charge in [-0.25, -0.2) is 0 Å². The van der Waals surface area contributed by atoms with Gasteiger partial charge in [-0.2, -0.15) is 0 Å². The van der Waals surface area contributed by atoms with Crippen LogP contribution in [-0.4, -0.2) is 16.1 Å². The molecule has 0 heterocycles. The van der Waals surface area contributed by atoms with Gasteiger partial charge in [-0.1, -0.05) is 105 Å². The smallest absolute Gasteiger partial charge is 0.0690 e. The molecule has 0 aliphatic carbocycles. The molecule has 0 saturated heterocycles. The third-order valence-electron chi connectivity index (χ3n) is 3.87. The molecule has 116 valence electrons. The van der Waals surface area contributed by atoms with E-state index in [1.807, 2.05) is 0 Å². The van der Waals surface area contributed by atoms with Crippen LogP contribution in [-0.2, 0) is 0 Å². The zero-order valence-electron chi connectivity index (χ0n) is 14.8. The third kappa shape index (κ3) is 3.87. The summed E-state index contributed by atoms with van der Waals surface area (Å²) in [5.74, 6) is 0. The average molecular weight is 325 g/mol. The van der Waals surface area contributed by atoms with Crippen LogP contribution in [0.4, 0.5) is 0 Å². The van der Waals surface area contributed by atoms with Gasteiger partial charge in [0, 0.05) is 0 Å². The molecule has 0 bridgehead atoms. The highest BCUT2D eigenvalue weighted by molar-refractivity contribution is 7.05. The highest BCUT2D eigenvalue weighted by Crippen LogP contribution is 2.36. The van der Waals surface area contributed by atoms with Crippen LogP contribution in [0.15, 0.2) is 65.5 Å². The Balaban J connectivity index is 2.85. The van der Waals surface area contributed by atoms with Crippen LogP contribution in [0.2, 0.25) is 39.3 Å². The molecule has 0 saturated carbocycles. The first kappa shape index (κ1) is 17.0. The van der Waals surface area contributed by atoms with Crippen molar-refractivity contribution in [2.24, 2.45) is 0 Å². The first-order valence-corrected chi connectivity index (χ1v) is 15.1. The summed E-state index contributed by atoms with van der Waals surface area (Å²) < 4.78 is 0. The van der Waals surface area contributed by atoms with E-state index >= 15 is 0 Å². The molecule has 0 fully saturated rings. The predicted molar refractivity (Wildman–Crippen MR) is 106 cm³/mol. The molecular weight excluding hydrogens is 296 g/mol. The van der Waals surface area contributed by atoms with Crippen LogP contribution in [0.25, 0.3) is 5.57 Å². The Morgan fingerprint density at radius 2 is 0.864 bits per heavy atom. The lowest BCUT2D eigenvalue weighted by molar-refractivity contribution is 1.52. The number of hydrogen-bond donors (Lipinski definition) is 0. The van der Waals surface area contributed by atoms with Crippen molar-refractivity contribution in [1.82, 2.24) is 0 Å². The van der Waals surface area contributed by atoms with Crippen molar-refractivity contribution in [3.05, 3.63) is 76.6 Å². The van der Waals surface area contributed by atoms with E-state index in [1.54, 1.807) is 4.82 Å². The van der Waals surface area contributed by atoms with E-state index in [0.29, 0.717) is 0 Å². The van der Waals surface area contributed by atoms with Gasteiger partial charge in [-0.05, 0) is 16.7 Å². The van der Waals surface area contributed by atoms with Gasteiger partial charge in [0.2, 0.25) is 0 Å². The van der Waals surface area contributed by atoms with E-state index < -0.39 is 16.1 Å². The molecule has 0 aliphatic rings. The van der Waals surface area contributed by atoms with Crippen molar-refractivity contribution < 1.29 is 0 Å². The molecule has 0 atom stereocenters. The maximum absolute atomic E-state index is 2.49. The maximum Gasteiger partial charge on any atom is 0.0690 e. The zero-order valence-corrected chi connectivity index (χ0v) is 16.8. The van der Waals surface area contributed by atoms with Gasteiger partial charge >= 0.3 is 0 Å². The van der Waals surface area contributed by atoms with Gasteiger partial charge < -0.3 is 0 Å². The van der Waals surface area contributed by atoms with Crippen LogP contribution in [0, 0.1) is 0 Å². The second-order valence-corrected chi connectivity index (χ2v) is 18.5. The van der Waals surface area contributed by atoms with Crippen molar-refractivity contribution in [2.75, 3.05) is 0 Å². The molecular formula is C20H28Si2. The highest BCUT2D eigenvalue weighted by Gasteiger charge is 2.34. The molecule has 0 aliphatic heterocycles. The Bertz CT molecular complexity index is 584. The molecule has 2 rings (SSSR count). The molecule has 22 heavy (non-hydrogen) atoms. The fraction of sp³-hybridized carbons (Fsp3) is 0.300. The summed E-state index contributed by atoms with van der Waals surface area (Å²) in [7, 11) is -2.82. The summed E-state index contributed by atoms with van der Waals surface area (Å²) in [5, 5.41) is 0. The van der Waals surface area contributed by atoms with E-state index in [2.05, 4.69) is 99.9 Å². The van der Waals surface area contributed by atoms with Crippen molar-refractivity contribution in [3.8, 4) is 0 Å². The van der Waals surface area contributed by atoms with E-state index in [4.69, 9.17) is 0 Å². The summed E-state index contributed by atoms with van der Waals surface area (Å²) >= 11 is 0. The Morgan fingerprint density at radius 1 is 0.545 bits per heavy atom. The lowest BCUT2D eigenvalue weighted by Crippen LogP contribution is -2.41.